The maximum Gasteiger partial charge on any atom is 0.247 e. The third-order valence-corrected chi connectivity index (χ3v) is 3.21. The van der Waals surface area contributed by atoms with Crippen LogP contribution in [-0.4, -0.2) is 15.2 Å². The molecule has 0 amide bonds. The van der Waals surface area contributed by atoms with Crippen molar-refractivity contribution >= 4 is 12.6 Å². The molecule has 0 aliphatic rings. The molecule has 0 aliphatic carbocycles. The highest BCUT2D eigenvalue weighted by Gasteiger charge is 2.17. The zero-order chi connectivity index (χ0) is 13.1. The fourth-order valence-electron chi connectivity index (χ4n) is 1.72. The summed E-state index contributed by atoms with van der Waals surface area (Å²) in [6.45, 7) is 0. The van der Waals surface area contributed by atoms with E-state index in [0.29, 0.717) is 11.8 Å². The molecule has 94 valence electrons. The maximum absolute atomic E-state index is 5.66. The Morgan fingerprint density at radius 1 is 1.00 bits per heavy atom. The van der Waals surface area contributed by atoms with Crippen molar-refractivity contribution in [3.8, 4) is 11.5 Å². The molecule has 5 heteroatoms. The molecule has 0 saturated carbocycles. The predicted molar refractivity (Wildman–Crippen MR) is 74.8 cm³/mol. The Hall–Kier alpha value is -2.14. The number of pyridine rings is 1. The van der Waals surface area contributed by atoms with E-state index in [1.807, 2.05) is 42.5 Å². The van der Waals surface area contributed by atoms with Gasteiger partial charge in [-0.3, -0.25) is 4.98 Å². The maximum atomic E-state index is 5.66. The molecule has 3 aromatic rings. The second kappa shape index (κ2) is 5.24. The van der Waals surface area contributed by atoms with Crippen LogP contribution >= 0.6 is 12.6 Å². The van der Waals surface area contributed by atoms with Gasteiger partial charge in [-0.25, -0.2) is 0 Å². The van der Waals surface area contributed by atoms with E-state index in [4.69, 9.17) is 4.42 Å². The molecule has 0 fully saturated rings. The quantitative estimate of drug-likeness (QED) is 0.742. The molecule has 0 bridgehead atoms. The van der Waals surface area contributed by atoms with Crippen LogP contribution in [0.15, 0.2) is 59.3 Å². The lowest BCUT2D eigenvalue weighted by atomic mass is 10.2. The first-order chi connectivity index (χ1) is 9.34. The van der Waals surface area contributed by atoms with E-state index in [2.05, 4.69) is 27.8 Å². The van der Waals surface area contributed by atoms with Gasteiger partial charge in [-0.1, -0.05) is 24.3 Å². The van der Waals surface area contributed by atoms with Gasteiger partial charge in [0, 0.05) is 18.0 Å². The largest absolute Gasteiger partial charge is 0.419 e. The van der Waals surface area contributed by atoms with Gasteiger partial charge >= 0.3 is 0 Å². The molecular weight excluding hydrogens is 258 g/mol. The van der Waals surface area contributed by atoms with Crippen LogP contribution in [0.5, 0.6) is 0 Å². The molecule has 19 heavy (non-hydrogen) atoms. The first kappa shape index (κ1) is 11.9. The molecule has 1 atom stereocenters. The summed E-state index contributed by atoms with van der Waals surface area (Å²) in [4.78, 5) is 4.06. The normalized spacial score (nSPS) is 12.3. The van der Waals surface area contributed by atoms with Crippen LogP contribution < -0.4 is 0 Å². The summed E-state index contributed by atoms with van der Waals surface area (Å²) in [5, 5.41) is 7.83. The van der Waals surface area contributed by atoms with Crippen molar-refractivity contribution in [2.24, 2.45) is 0 Å². The van der Waals surface area contributed by atoms with E-state index in [0.717, 1.165) is 11.1 Å². The third kappa shape index (κ3) is 2.51. The molecule has 3 rings (SSSR count). The molecule has 1 aromatic carbocycles. The molecule has 0 N–H and O–H groups in total. The van der Waals surface area contributed by atoms with E-state index < -0.39 is 0 Å². The molecule has 0 aliphatic heterocycles. The summed E-state index contributed by atoms with van der Waals surface area (Å²) in [6.07, 6.45) is 3.46. The van der Waals surface area contributed by atoms with Crippen LogP contribution in [0.4, 0.5) is 0 Å². The van der Waals surface area contributed by atoms with Gasteiger partial charge in [-0.15, -0.1) is 10.2 Å². The Balaban J connectivity index is 1.90. The van der Waals surface area contributed by atoms with Crippen LogP contribution in [0.3, 0.4) is 0 Å². The number of nitrogens with zero attached hydrogens (tertiary/aromatic N) is 3. The van der Waals surface area contributed by atoms with Crippen molar-refractivity contribution in [3.05, 3.63) is 66.3 Å². The van der Waals surface area contributed by atoms with Crippen molar-refractivity contribution in [2.45, 2.75) is 5.25 Å². The van der Waals surface area contributed by atoms with Crippen LogP contribution in [-0.2, 0) is 0 Å². The van der Waals surface area contributed by atoms with Gasteiger partial charge < -0.3 is 4.42 Å². The monoisotopic (exact) mass is 269 g/mol. The molecular formula is C14H11N3OS. The average Bonchev–Trinajstić information content (AvgIpc) is 2.98. The van der Waals surface area contributed by atoms with Gasteiger partial charge in [-0.05, 0) is 23.8 Å². The second-order valence-corrected chi connectivity index (χ2v) is 4.52. The SMILES string of the molecule is SC(c1cccnc1)c1nnc(-c2ccccc2)o1. The lowest BCUT2D eigenvalue weighted by Gasteiger charge is -2.04. The van der Waals surface area contributed by atoms with E-state index >= 15 is 0 Å². The molecule has 1 unspecified atom stereocenters. The fraction of sp³-hybridized carbons (Fsp3) is 0.0714. The summed E-state index contributed by atoms with van der Waals surface area (Å²) in [5.74, 6) is 0.966. The van der Waals surface area contributed by atoms with Crippen LogP contribution in [0.1, 0.15) is 16.7 Å². The van der Waals surface area contributed by atoms with E-state index in [1.165, 1.54) is 0 Å². The number of thiol groups is 1. The summed E-state index contributed by atoms with van der Waals surface area (Å²) in [5.41, 5.74) is 1.82. The summed E-state index contributed by atoms with van der Waals surface area (Å²) >= 11 is 4.50. The highest BCUT2D eigenvalue weighted by atomic mass is 32.1. The van der Waals surface area contributed by atoms with E-state index in [1.54, 1.807) is 12.4 Å². The van der Waals surface area contributed by atoms with E-state index in [-0.39, 0.29) is 5.25 Å². The zero-order valence-electron chi connectivity index (χ0n) is 9.97. The van der Waals surface area contributed by atoms with Gasteiger partial charge in [0.25, 0.3) is 0 Å². The molecule has 0 spiro atoms. The molecule has 0 saturated heterocycles. The first-order valence-electron chi connectivity index (χ1n) is 5.81. The van der Waals surface area contributed by atoms with Gasteiger partial charge in [0.1, 0.15) is 5.25 Å². The Morgan fingerprint density at radius 3 is 2.58 bits per heavy atom. The minimum atomic E-state index is -0.265. The second-order valence-electron chi connectivity index (χ2n) is 4.00. The number of rotatable bonds is 3. The molecule has 0 radical (unpaired) electrons. The lowest BCUT2D eigenvalue weighted by Crippen LogP contribution is -1.94. The highest BCUT2D eigenvalue weighted by Crippen LogP contribution is 2.28. The third-order valence-electron chi connectivity index (χ3n) is 2.70. The first-order valence-corrected chi connectivity index (χ1v) is 6.33. The van der Waals surface area contributed by atoms with Crippen LogP contribution in [0.2, 0.25) is 0 Å². The Bertz CT molecular complexity index is 655. The zero-order valence-corrected chi connectivity index (χ0v) is 10.9. The number of benzene rings is 1. The number of aromatic nitrogens is 3. The van der Waals surface area contributed by atoms with Crippen molar-refractivity contribution in [3.63, 3.8) is 0 Å². The summed E-state index contributed by atoms with van der Waals surface area (Å²) in [6, 6.07) is 13.4. The van der Waals surface area contributed by atoms with Gasteiger partial charge in [0.05, 0.1) is 0 Å². The standard InChI is InChI=1S/C14H11N3OS/c19-12(11-7-4-8-15-9-11)14-17-16-13(18-14)10-5-2-1-3-6-10/h1-9,12,19H. The Labute approximate surface area is 115 Å². The summed E-state index contributed by atoms with van der Waals surface area (Å²) in [7, 11) is 0. The highest BCUT2D eigenvalue weighted by molar-refractivity contribution is 7.80. The van der Waals surface area contributed by atoms with Crippen LogP contribution in [0.25, 0.3) is 11.5 Å². The smallest absolute Gasteiger partial charge is 0.247 e. The van der Waals surface area contributed by atoms with Crippen molar-refractivity contribution < 1.29 is 4.42 Å². The number of hydrogen-bond donors (Lipinski definition) is 1. The molecule has 4 nitrogen and oxygen atoms in total. The van der Waals surface area contributed by atoms with Gasteiger partial charge in [-0.2, -0.15) is 12.6 Å². The topological polar surface area (TPSA) is 51.8 Å². The molecule has 2 heterocycles. The van der Waals surface area contributed by atoms with Crippen LogP contribution in [0, 0.1) is 0 Å². The lowest BCUT2D eigenvalue weighted by molar-refractivity contribution is 0.515. The number of hydrogen-bond acceptors (Lipinski definition) is 5. The van der Waals surface area contributed by atoms with E-state index in [9.17, 15) is 0 Å². The molecule has 2 aromatic heterocycles. The van der Waals surface area contributed by atoms with Crippen molar-refractivity contribution in [1.82, 2.24) is 15.2 Å². The Kier molecular flexibility index (Phi) is 3.29. The van der Waals surface area contributed by atoms with Gasteiger partial charge in [0.2, 0.25) is 11.8 Å². The van der Waals surface area contributed by atoms with Crippen molar-refractivity contribution in [2.75, 3.05) is 0 Å². The summed E-state index contributed by atoms with van der Waals surface area (Å²) < 4.78 is 5.66. The minimum absolute atomic E-state index is 0.265. The Morgan fingerprint density at radius 2 is 1.84 bits per heavy atom. The fourth-order valence-corrected chi connectivity index (χ4v) is 1.98. The average molecular weight is 269 g/mol. The predicted octanol–water partition coefficient (Wildman–Crippen LogP) is 3.15. The van der Waals surface area contributed by atoms with Gasteiger partial charge in [0.15, 0.2) is 0 Å². The van der Waals surface area contributed by atoms with Crippen molar-refractivity contribution in [1.29, 1.82) is 0 Å². The minimum Gasteiger partial charge on any atom is -0.419 e.